The maximum Gasteiger partial charge on any atom is 0.245 e. The van der Waals surface area contributed by atoms with Gasteiger partial charge in [0.2, 0.25) is 10.0 Å². The van der Waals surface area contributed by atoms with E-state index in [-0.39, 0.29) is 16.2 Å². The van der Waals surface area contributed by atoms with Crippen molar-refractivity contribution in [3.8, 4) is 0 Å². The fourth-order valence-corrected chi connectivity index (χ4v) is 4.81. The molecule has 0 fully saturated rings. The van der Waals surface area contributed by atoms with Crippen LogP contribution in [0.2, 0.25) is 0 Å². The van der Waals surface area contributed by atoms with Crippen molar-refractivity contribution in [1.29, 1.82) is 0 Å². The van der Waals surface area contributed by atoms with Crippen LogP contribution >= 0.6 is 11.3 Å². The molecular weight excluding hydrogens is 312 g/mol. The predicted octanol–water partition coefficient (Wildman–Crippen LogP) is 2.06. The third-order valence-corrected chi connectivity index (χ3v) is 6.06. The molecular formula is C13H18N2O4S2. The van der Waals surface area contributed by atoms with Crippen molar-refractivity contribution in [3.63, 3.8) is 0 Å². The highest BCUT2D eigenvalue weighted by Crippen LogP contribution is 2.30. The van der Waals surface area contributed by atoms with Crippen molar-refractivity contribution < 1.29 is 17.9 Å². The van der Waals surface area contributed by atoms with Gasteiger partial charge < -0.3 is 9.52 Å². The van der Waals surface area contributed by atoms with Gasteiger partial charge in [-0.25, -0.2) is 13.4 Å². The molecule has 0 saturated heterocycles. The number of thiazole rings is 1. The molecule has 0 aliphatic rings. The zero-order chi connectivity index (χ0) is 15.8. The Bertz CT molecular complexity index is 731. The van der Waals surface area contributed by atoms with Crippen LogP contribution < -0.4 is 4.72 Å². The topological polar surface area (TPSA) is 92.4 Å². The van der Waals surface area contributed by atoms with E-state index in [0.717, 1.165) is 0 Å². The number of aryl methyl sites for hydroxylation is 2. The number of aromatic nitrogens is 1. The summed E-state index contributed by atoms with van der Waals surface area (Å²) in [6.45, 7) is 6.28. The summed E-state index contributed by atoms with van der Waals surface area (Å²) in [6, 6.07) is 0. The molecule has 0 aliphatic heterocycles. The molecule has 2 aromatic rings. The fourth-order valence-electron chi connectivity index (χ4n) is 2.21. The van der Waals surface area contributed by atoms with E-state index in [1.54, 1.807) is 39.3 Å². The smallest absolute Gasteiger partial charge is 0.245 e. The highest BCUT2D eigenvalue weighted by Gasteiger charge is 2.34. The van der Waals surface area contributed by atoms with Crippen LogP contribution in [0.15, 0.2) is 20.9 Å². The summed E-state index contributed by atoms with van der Waals surface area (Å²) in [6.07, 6.45) is 1.63. The number of hydrogen-bond acceptors (Lipinski definition) is 6. The molecule has 6 nitrogen and oxygen atoms in total. The molecule has 2 N–H and O–H groups in total. The molecule has 2 heterocycles. The summed E-state index contributed by atoms with van der Waals surface area (Å²) in [5, 5.41) is 11.8. The number of sulfonamides is 1. The second-order valence-electron chi connectivity index (χ2n) is 5.25. The lowest BCUT2D eigenvalue weighted by atomic mass is 10.1. The lowest BCUT2D eigenvalue weighted by molar-refractivity contribution is 0.276. The second kappa shape index (κ2) is 5.53. The first-order valence-electron chi connectivity index (χ1n) is 6.32. The Hall–Kier alpha value is -1.22. The van der Waals surface area contributed by atoms with Gasteiger partial charge in [-0.05, 0) is 27.7 Å². The van der Waals surface area contributed by atoms with Crippen molar-refractivity contribution in [2.45, 2.75) is 44.7 Å². The van der Waals surface area contributed by atoms with Crippen LogP contribution in [0, 0.1) is 13.8 Å². The average molecular weight is 330 g/mol. The monoisotopic (exact) mass is 330 g/mol. The van der Waals surface area contributed by atoms with Crippen molar-refractivity contribution in [2.24, 2.45) is 0 Å². The van der Waals surface area contributed by atoms with Crippen LogP contribution in [-0.4, -0.2) is 18.5 Å². The van der Waals surface area contributed by atoms with E-state index < -0.39 is 22.2 Å². The number of nitrogens with one attached hydrogen (secondary N) is 1. The summed E-state index contributed by atoms with van der Waals surface area (Å²) in [5.74, 6) is 0.668. The molecule has 0 spiro atoms. The largest absolute Gasteiger partial charge is 0.465 e. The van der Waals surface area contributed by atoms with Crippen LogP contribution in [0.1, 0.15) is 35.9 Å². The quantitative estimate of drug-likeness (QED) is 0.875. The van der Waals surface area contributed by atoms with Crippen molar-refractivity contribution in [3.05, 3.63) is 33.7 Å². The van der Waals surface area contributed by atoms with Gasteiger partial charge in [-0.2, -0.15) is 4.72 Å². The number of rotatable bonds is 5. The molecule has 116 valence electrons. The van der Waals surface area contributed by atoms with Gasteiger partial charge in [0.25, 0.3) is 0 Å². The van der Waals surface area contributed by atoms with Crippen LogP contribution in [0.25, 0.3) is 0 Å². The minimum atomic E-state index is -3.83. The van der Waals surface area contributed by atoms with Crippen molar-refractivity contribution in [1.82, 2.24) is 9.71 Å². The minimum absolute atomic E-state index is 0.00660. The minimum Gasteiger partial charge on any atom is -0.465 e. The van der Waals surface area contributed by atoms with Crippen LogP contribution in [-0.2, 0) is 22.2 Å². The molecule has 0 bridgehead atoms. The summed E-state index contributed by atoms with van der Waals surface area (Å²) in [7, 11) is -3.83. The van der Waals surface area contributed by atoms with Crippen molar-refractivity contribution in [2.75, 3.05) is 0 Å². The molecule has 2 aromatic heterocycles. The van der Waals surface area contributed by atoms with Gasteiger partial charge in [-0.15, -0.1) is 11.3 Å². The van der Waals surface area contributed by atoms with Gasteiger partial charge >= 0.3 is 0 Å². The van der Waals surface area contributed by atoms with Gasteiger partial charge in [0.15, 0.2) is 0 Å². The molecule has 0 saturated carbocycles. The van der Waals surface area contributed by atoms with Gasteiger partial charge in [0.1, 0.15) is 21.4 Å². The van der Waals surface area contributed by atoms with E-state index in [0.29, 0.717) is 10.8 Å². The Morgan fingerprint density at radius 1 is 1.38 bits per heavy atom. The number of aliphatic hydroxyl groups is 1. The normalized spacial score (nSPS) is 12.8. The molecule has 2 rings (SSSR count). The summed E-state index contributed by atoms with van der Waals surface area (Å²) < 4.78 is 33.3. The molecule has 0 unspecified atom stereocenters. The molecule has 8 heteroatoms. The van der Waals surface area contributed by atoms with Crippen LogP contribution in [0.5, 0.6) is 0 Å². The maximum atomic E-state index is 12.7. The number of nitrogens with zero attached hydrogens (tertiary/aromatic N) is 1. The number of furan rings is 1. The fraction of sp³-hybridized carbons (Fsp3) is 0.462. The predicted molar refractivity (Wildman–Crippen MR) is 79.6 cm³/mol. The van der Waals surface area contributed by atoms with E-state index in [1.165, 1.54) is 11.3 Å². The highest BCUT2D eigenvalue weighted by molar-refractivity contribution is 7.89. The van der Waals surface area contributed by atoms with Gasteiger partial charge in [0, 0.05) is 17.1 Å². The van der Waals surface area contributed by atoms with Gasteiger partial charge in [-0.1, -0.05) is 0 Å². The van der Waals surface area contributed by atoms with Gasteiger partial charge in [0.05, 0.1) is 12.1 Å². The standard InChI is InChI=1S/C13H18N2O4S2/c1-8-10(7-16)11(9(2)19-8)21(17,18)15-13(3,4)12-14-5-6-20-12/h5-6,15-16H,7H2,1-4H3. The lowest BCUT2D eigenvalue weighted by Gasteiger charge is -2.23. The van der Waals surface area contributed by atoms with Gasteiger partial charge in [-0.3, -0.25) is 0 Å². The molecule has 0 aromatic carbocycles. The maximum absolute atomic E-state index is 12.7. The Labute approximate surface area is 127 Å². The van der Waals surface area contributed by atoms with E-state index in [2.05, 4.69) is 9.71 Å². The summed E-state index contributed by atoms with van der Waals surface area (Å²) >= 11 is 1.37. The SMILES string of the molecule is Cc1oc(C)c(S(=O)(=O)NC(C)(C)c2nccs2)c1CO. The zero-order valence-corrected chi connectivity index (χ0v) is 13.9. The van der Waals surface area contributed by atoms with E-state index in [1.807, 2.05) is 0 Å². The first-order chi connectivity index (χ1) is 9.69. The summed E-state index contributed by atoms with van der Waals surface area (Å²) in [5.41, 5.74) is -0.563. The third-order valence-electron chi connectivity index (χ3n) is 3.11. The zero-order valence-electron chi connectivity index (χ0n) is 12.3. The van der Waals surface area contributed by atoms with Crippen LogP contribution in [0.3, 0.4) is 0 Å². The third kappa shape index (κ3) is 3.03. The summed E-state index contributed by atoms with van der Waals surface area (Å²) in [4.78, 5) is 4.16. The Morgan fingerprint density at radius 3 is 2.57 bits per heavy atom. The molecule has 0 amide bonds. The molecule has 0 radical (unpaired) electrons. The average Bonchev–Trinajstić information content (AvgIpc) is 2.95. The highest BCUT2D eigenvalue weighted by atomic mass is 32.2. The van der Waals surface area contributed by atoms with E-state index in [4.69, 9.17) is 4.42 Å². The van der Waals surface area contributed by atoms with Crippen molar-refractivity contribution >= 4 is 21.4 Å². The molecule has 0 atom stereocenters. The lowest BCUT2D eigenvalue weighted by Crippen LogP contribution is -2.41. The molecule has 21 heavy (non-hydrogen) atoms. The second-order valence-corrected chi connectivity index (χ2v) is 7.76. The first-order valence-corrected chi connectivity index (χ1v) is 8.69. The van der Waals surface area contributed by atoms with Crippen LogP contribution in [0.4, 0.5) is 0 Å². The van der Waals surface area contributed by atoms with E-state index in [9.17, 15) is 13.5 Å². The number of aliphatic hydroxyl groups excluding tert-OH is 1. The number of hydrogen-bond donors (Lipinski definition) is 2. The van der Waals surface area contributed by atoms with E-state index >= 15 is 0 Å². The first kappa shape index (κ1) is 16.2. The molecule has 0 aliphatic carbocycles. The Balaban J connectivity index is 2.45. The Morgan fingerprint density at radius 2 is 2.05 bits per heavy atom. The Kier molecular flexibility index (Phi) is 4.25.